The number of hydrogen-bond donors (Lipinski definition) is 0. The zero-order chi connectivity index (χ0) is 13.7. The second-order valence-corrected chi connectivity index (χ2v) is 6.74. The molecule has 0 aliphatic heterocycles. The first kappa shape index (κ1) is 16.0. The summed E-state index contributed by atoms with van der Waals surface area (Å²) in [5, 5.41) is 0. The molecule has 2 heteroatoms. The number of hydrogen-bond acceptors (Lipinski definition) is 2. The highest BCUT2D eigenvalue weighted by molar-refractivity contribution is 4.83. The Labute approximate surface area is 113 Å². The van der Waals surface area contributed by atoms with E-state index in [1.807, 2.05) is 0 Å². The van der Waals surface area contributed by atoms with E-state index in [0.717, 1.165) is 25.0 Å². The van der Waals surface area contributed by atoms with Gasteiger partial charge < -0.3 is 9.47 Å². The summed E-state index contributed by atoms with van der Waals surface area (Å²) in [6.07, 6.45) is 3.31. The monoisotopic (exact) mass is 256 g/mol. The van der Waals surface area contributed by atoms with Crippen molar-refractivity contribution in [3.05, 3.63) is 0 Å². The van der Waals surface area contributed by atoms with Crippen molar-refractivity contribution in [3.8, 4) is 0 Å². The maximum absolute atomic E-state index is 5.87. The molecule has 0 saturated heterocycles. The minimum absolute atomic E-state index is 0.336. The lowest BCUT2D eigenvalue weighted by Gasteiger charge is -2.40. The summed E-state index contributed by atoms with van der Waals surface area (Å²) in [4.78, 5) is 0. The van der Waals surface area contributed by atoms with Crippen molar-refractivity contribution < 1.29 is 9.47 Å². The molecule has 4 unspecified atom stereocenters. The molecule has 0 radical (unpaired) electrons. The predicted molar refractivity (Wildman–Crippen MR) is 76.7 cm³/mol. The van der Waals surface area contributed by atoms with Gasteiger partial charge >= 0.3 is 0 Å². The standard InChI is InChI=1S/C16H32O2/c1-11(2)17-9-15-8-13(5)7-14(6)16(15)10-18-12(3)4/h11-16H,7-10H2,1-6H3. The van der Waals surface area contributed by atoms with Crippen LogP contribution in [0.2, 0.25) is 0 Å². The van der Waals surface area contributed by atoms with Crippen LogP contribution in [0, 0.1) is 23.7 Å². The summed E-state index contributed by atoms with van der Waals surface area (Å²) in [7, 11) is 0. The van der Waals surface area contributed by atoms with Gasteiger partial charge in [-0.3, -0.25) is 0 Å². The molecule has 1 aliphatic carbocycles. The lowest BCUT2D eigenvalue weighted by Crippen LogP contribution is -2.37. The first-order chi connectivity index (χ1) is 8.40. The van der Waals surface area contributed by atoms with E-state index in [-0.39, 0.29) is 0 Å². The van der Waals surface area contributed by atoms with Gasteiger partial charge in [0.2, 0.25) is 0 Å². The second-order valence-electron chi connectivity index (χ2n) is 6.74. The van der Waals surface area contributed by atoms with E-state index in [1.54, 1.807) is 0 Å². The Morgan fingerprint density at radius 1 is 0.889 bits per heavy atom. The zero-order valence-electron chi connectivity index (χ0n) is 13.1. The predicted octanol–water partition coefficient (Wildman–Crippen LogP) is 4.13. The SMILES string of the molecule is CC1CC(C)C(COC(C)C)C(COC(C)C)C1. The average Bonchev–Trinajstić information content (AvgIpc) is 2.24. The maximum Gasteiger partial charge on any atom is 0.0519 e. The molecule has 108 valence electrons. The lowest BCUT2D eigenvalue weighted by molar-refractivity contribution is -0.0452. The van der Waals surface area contributed by atoms with Gasteiger partial charge in [-0.2, -0.15) is 0 Å². The molecule has 0 aromatic heterocycles. The van der Waals surface area contributed by atoms with E-state index in [9.17, 15) is 0 Å². The molecular formula is C16H32O2. The van der Waals surface area contributed by atoms with E-state index in [4.69, 9.17) is 9.47 Å². The zero-order valence-corrected chi connectivity index (χ0v) is 13.1. The molecule has 0 heterocycles. The molecule has 0 aromatic carbocycles. The van der Waals surface area contributed by atoms with Crippen molar-refractivity contribution in [2.75, 3.05) is 13.2 Å². The van der Waals surface area contributed by atoms with Crippen molar-refractivity contribution >= 4 is 0 Å². The van der Waals surface area contributed by atoms with Crippen LogP contribution >= 0.6 is 0 Å². The fraction of sp³-hybridized carbons (Fsp3) is 1.00. The van der Waals surface area contributed by atoms with Crippen molar-refractivity contribution in [2.45, 2.75) is 66.6 Å². The van der Waals surface area contributed by atoms with Crippen LogP contribution < -0.4 is 0 Å². The van der Waals surface area contributed by atoms with Gasteiger partial charge in [0, 0.05) is 0 Å². The molecule has 1 fully saturated rings. The van der Waals surface area contributed by atoms with Gasteiger partial charge in [0.15, 0.2) is 0 Å². The number of ether oxygens (including phenoxy) is 2. The molecule has 2 nitrogen and oxygen atoms in total. The summed E-state index contributed by atoms with van der Waals surface area (Å²) in [5.74, 6) is 2.93. The largest absolute Gasteiger partial charge is 0.378 e. The molecule has 0 bridgehead atoms. The van der Waals surface area contributed by atoms with Gasteiger partial charge in [0.25, 0.3) is 0 Å². The van der Waals surface area contributed by atoms with Crippen LogP contribution in [-0.2, 0) is 9.47 Å². The fourth-order valence-electron chi connectivity index (χ4n) is 3.17. The minimum atomic E-state index is 0.336. The minimum Gasteiger partial charge on any atom is -0.378 e. The smallest absolute Gasteiger partial charge is 0.0519 e. The Balaban J connectivity index is 2.54. The summed E-state index contributed by atoms with van der Waals surface area (Å²) in [5.41, 5.74) is 0. The molecule has 0 aromatic rings. The Morgan fingerprint density at radius 2 is 1.44 bits per heavy atom. The van der Waals surface area contributed by atoms with E-state index in [1.165, 1.54) is 12.8 Å². The topological polar surface area (TPSA) is 18.5 Å². The summed E-state index contributed by atoms with van der Waals surface area (Å²) in [6.45, 7) is 15.0. The Bertz CT molecular complexity index is 225. The van der Waals surface area contributed by atoms with Gasteiger partial charge in [-0.05, 0) is 64.2 Å². The lowest BCUT2D eigenvalue weighted by atomic mass is 9.69. The quantitative estimate of drug-likeness (QED) is 0.711. The highest BCUT2D eigenvalue weighted by atomic mass is 16.5. The van der Waals surface area contributed by atoms with Crippen molar-refractivity contribution in [2.24, 2.45) is 23.7 Å². The van der Waals surface area contributed by atoms with Gasteiger partial charge in [-0.25, -0.2) is 0 Å². The second kappa shape index (κ2) is 7.49. The van der Waals surface area contributed by atoms with E-state index in [0.29, 0.717) is 24.0 Å². The molecule has 0 amide bonds. The van der Waals surface area contributed by atoms with Gasteiger partial charge in [-0.1, -0.05) is 13.8 Å². The molecule has 0 N–H and O–H groups in total. The summed E-state index contributed by atoms with van der Waals surface area (Å²) < 4.78 is 11.7. The van der Waals surface area contributed by atoms with Crippen LogP contribution in [-0.4, -0.2) is 25.4 Å². The van der Waals surface area contributed by atoms with Crippen molar-refractivity contribution in [1.82, 2.24) is 0 Å². The van der Waals surface area contributed by atoms with E-state index >= 15 is 0 Å². The molecule has 0 spiro atoms. The van der Waals surface area contributed by atoms with Gasteiger partial charge in [0.1, 0.15) is 0 Å². The normalized spacial score (nSPS) is 33.3. The molecular weight excluding hydrogens is 224 g/mol. The van der Waals surface area contributed by atoms with Crippen LogP contribution in [0.25, 0.3) is 0 Å². The van der Waals surface area contributed by atoms with E-state index < -0.39 is 0 Å². The Morgan fingerprint density at radius 3 is 2.00 bits per heavy atom. The van der Waals surface area contributed by atoms with Crippen LogP contribution in [0.3, 0.4) is 0 Å². The molecule has 1 saturated carbocycles. The fourth-order valence-corrected chi connectivity index (χ4v) is 3.17. The summed E-state index contributed by atoms with van der Waals surface area (Å²) >= 11 is 0. The van der Waals surface area contributed by atoms with Crippen LogP contribution in [0.1, 0.15) is 54.4 Å². The van der Waals surface area contributed by atoms with Crippen LogP contribution in [0.4, 0.5) is 0 Å². The average molecular weight is 256 g/mol. The third-order valence-corrected chi connectivity index (χ3v) is 4.08. The third-order valence-electron chi connectivity index (χ3n) is 4.08. The van der Waals surface area contributed by atoms with Crippen molar-refractivity contribution in [1.29, 1.82) is 0 Å². The highest BCUT2D eigenvalue weighted by Crippen LogP contribution is 2.38. The van der Waals surface area contributed by atoms with Crippen LogP contribution in [0.5, 0.6) is 0 Å². The van der Waals surface area contributed by atoms with Crippen LogP contribution in [0.15, 0.2) is 0 Å². The Hall–Kier alpha value is -0.0800. The Kier molecular flexibility index (Phi) is 6.65. The highest BCUT2D eigenvalue weighted by Gasteiger charge is 2.34. The third kappa shape index (κ3) is 5.27. The van der Waals surface area contributed by atoms with Crippen molar-refractivity contribution in [3.63, 3.8) is 0 Å². The summed E-state index contributed by atoms with van der Waals surface area (Å²) in [6, 6.07) is 0. The first-order valence-corrected chi connectivity index (χ1v) is 7.63. The molecule has 18 heavy (non-hydrogen) atoms. The molecule has 1 rings (SSSR count). The number of rotatable bonds is 6. The van der Waals surface area contributed by atoms with E-state index in [2.05, 4.69) is 41.5 Å². The molecule has 1 aliphatic rings. The van der Waals surface area contributed by atoms with Gasteiger partial charge in [0.05, 0.1) is 25.4 Å². The maximum atomic E-state index is 5.87. The molecule has 4 atom stereocenters. The first-order valence-electron chi connectivity index (χ1n) is 7.63. The van der Waals surface area contributed by atoms with Gasteiger partial charge in [-0.15, -0.1) is 0 Å².